The van der Waals surface area contributed by atoms with E-state index in [2.05, 4.69) is 0 Å². The molecule has 2 atom stereocenters. The van der Waals surface area contributed by atoms with E-state index in [9.17, 15) is 18.8 Å². The summed E-state index contributed by atoms with van der Waals surface area (Å²) in [6.07, 6.45) is -0.767. The summed E-state index contributed by atoms with van der Waals surface area (Å²) < 4.78 is 34.7. The number of hydroxylamine groups is 4. The Morgan fingerprint density at radius 1 is 0.741 bits per heavy atom. The monoisotopic (exact) mass is 412 g/mol. The van der Waals surface area contributed by atoms with Crippen LogP contribution in [0.1, 0.15) is 82.1 Å². The average Bonchev–Trinajstić information content (AvgIpc) is 2.41. The topological polar surface area (TPSA) is 99.5 Å². The minimum atomic E-state index is -4.22. The molecule has 0 radical (unpaired) electrons. The summed E-state index contributed by atoms with van der Waals surface area (Å²) in [5.41, 5.74) is -1.32. The van der Waals surface area contributed by atoms with E-state index < -0.39 is 33.7 Å². The smallest absolute Gasteiger partial charge is 0.313 e. The molecular weight excluding hydrogens is 372 g/mol. The lowest BCUT2D eigenvalue weighted by Crippen LogP contribution is -2.48. The van der Waals surface area contributed by atoms with Crippen molar-refractivity contribution in [3.8, 4) is 0 Å². The molecule has 0 aromatic rings. The van der Waals surface area contributed by atoms with Gasteiger partial charge in [0.1, 0.15) is 0 Å². The Balaban J connectivity index is 4.85. The van der Waals surface area contributed by atoms with E-state index in [1.165, 1.54) is 10.1 Å². The molecule has 0 spiro atoms. The van der Waals surface area contributed by atoms with Crippen molar-refractivity contribution in [3.63, 3.8) is 0 Å². The van der Waals surface area contributed by atoms with Crippen LogP contribution in [0.2, 0.25) is 0 Å². The van der Waals surface area contributed by atoms with E-state index in [0.29, 0.717) is 12.8 Å². The molecule has 0 saturated heterocycles. The maximum atomic E-state index is 12.2. The summed E-state index contributed by atoms with van der Waals surface area (Å²) in [7, 11) is -4.22. The standard InChI is InChI=1S/C18H40N2O6S/c1-13(2)19(21)17(7,8)11-15(5)25-27(23,24)26-16(6)12-18(9,10)20(22)14(3)4/h13-16,21-22H,11-12H2,1-10H3. The second-order valence-electron chi connectivity index (χ2n) is 9.13. The van der Waals surface area contributed by atoms with Crippen LogP contribution in [0, 0.1) is 0 Å². The molecule has 0 aliphatic rings. The Bertz CT molecular complexity index is 506. The third-order valence-electron chi connectivity index (χ3n) is 4.36. The molecule has 164 valence electrons. The summed E-state index contributed by atoms with van der Waals surface area (Å²) in [4.78, 5) is 0. The lowest BCUT2D eigenvalue weighted by Gasteiger charge is -2.38. The molecule has 0 fully saturated rings. The van der Waals surface area contributed by atoms with Crippen LogP contribution >= 0.6 is 0 Å². The Labute approximate surface area is 165 Å². The van der Waals surface area contributed by atoms with Crippen molar-refractivity contribution in [1.82, 2.24) is 10.1 Å². The average molecular weight is 413 g/mol. The first-order valence-electron chi connectivity index (χ1n) is 9.49. The summed E-state index contributed by atoms with van der Waals surface area (Å²) in [5, 5.41) is 22.7. The minimum Gasteiger partial charge on any atom is -0.313 e. The van der Waals surface area contributed by atoms with Gasteiger partial charge in [0.2, 0.25) is 0 Å². The molecule has 0 aromatic carbocycles. The zero-order chi connectivity index (χ0) is 21.8. The number of nitrogens with zero attached hydrogens (tertiary/aromatic N) is 2. The molecule has 0 saturated carbocycles. The fourth-order valence-corrected chi connectivity index (χ4v) is 4.47. The van der Waals surface area contributed by atoms with Crippen LogP contribution in [0.4, 0.5) is 0 Å². The first kappa shape index (κ1) is 26.7. The van der Waals surface area contributed by atoms with Gasteiger partial charge in [-0.1, -0.05) is 0 Å². The summed E-state index contributed by atoms with van der Waals surface area (Å²) in [5.74, 6) is 0. The molecule has 0 amide bonds. The van der Waals surface area contributed by atoms with Gasteiger partial charge < -0.3 is 10.4 Å². The van der Waals surface area contributed by atoms with Gasteiger partial charge in [-0.05, 0) is 82.1 Å². The van der Waals surface area contributed by atoms with Crippen molar-refractivity contribution in [2.75, 3.05) is 0 Å². The molecule has 9 heteroatoms. The summed E-state index contributed by atoms with van der Waals surface area (Å²) >= 11 is 0. The van der Waals surface area contributed by atoms with Crippen LogP contribution in [0.25, 0.3) is 0 Å². The molecule has 0 aliphatic carbocycles. The molecule has 2 unspecified atom stereocenters. The lowest BCUT2D eigenvalue weighted by molar-refractivity contribution is -0.192. The third kappa shape index (κ3) is 9.17. The molecule has 0 aliphatic heterocycles. The van der Waals surface area contributed by atoms with E-state index in [0.717, 1.165) is 0 Å². The first-order valence-corrected chi connectivity index (χ1v) is 10.8. The highest BCUT2D eigenvalue weighted by Gasteiger charge is 2.34. The highest BCUT2D eigenvalue weighted by Crippen LogP contribution is 2.26. The highest BCUT2D eigenvalue weighted by atomic mass is 32.3. The minimum absolute atomic E-state index is 0.107. The van der Waals surface area contributed by atoms with Crippen molar-refractivity contribution in [1.29, 1.82) is 0 Å². The van der Waals surface area contributed by atoms with Gasteiger partial charge >= 0.3 is 10.4 Å². The lowest BCUT2D eigenvalue weighted by atomic mass is 9.96. The Hall–Kier alpha value is -0.290. The van der Waals surface area contributed by atoms with Crippen molar-refractivity contribution in [2.24, 2.45) is 0 Å². The molecule has 27 heavy (non-hydrogen) atoms. The van der Waals surface area contributed by atoms with Gasteiger partial charge in [-0.2, -0.15) is 18.5 Å². The predicted molar refractivity (Wildman–Crippen MR) is 105 cm³/mol. The van der Waals surface area contributed by atoms with Crippen LogP contribution in [0.3, 0.4) is 0 Å². The van der Waals surface area contributed by atoms with Crippen molar-refractivity contribution in [2.45, 2.75) is 117 Å². The van der Waals surface area contributed by atoms with Gasteiger partial charge in [0.25, 0.3) is 0 Å². The Morgan fingerprint density at radius 3 is 1.22 bits per heavy atom. The fraction of sp³-hybridized carbons (Fsp3) is 1.00. The summed E-state index contributed by atoms with van der Waals surface area (Å²) in [6, 6.07) is -0.214. The van der Waals surface area contributed by atoms with E-state index in [1.807, 2.05) is 55.4 Å². The van der Waals surface area contributed by atoms with Crippen LogP contribution < -0.4 is 0 Å². The maximum absolute atomic E-state index is 12.2. The van der Waals surface area contributed by atoms with E-state index in [-0.39, 0.29) is 12.1 Å². The second-order valence-corrected chi connectivity index (χ2v) is 10.3. The molecule has 0 aromatic heterocycles. The van der Waals surface area contributed by atoms with Gasteiger partial charge in [0.15, 0.2) is 0 Å². The molecule has 0 rings (SSSR count). The van der Waals surface area contributed by atoms with Gasteiger partial charge in [0, 0.05) is 23.2 Å². The maximum Gasteiger partial charge on any atom is 0.400 e. The van der Waals surface area contributed by atoms with Crippen LogP contribution in [-0.4, -0.2) is 64.3 Å². The predicted octanol–water partition coefficient (Wildman–Crippen LogP) is 3.58. The van der Waals surface area contributed by atoms with E-state index in [4.69, 9.17) is 8.37 Å². The van der Waals surface area contributed by atoms with Crippen molar-refractivity contribution >= 4 is 10.4 Å². The summed E-state index contributed by atoms with van der Waals surface area (Å²) in [6.45, 7) is 17.9. The number of hydrogen-bond donors (Lipinski definition) is 2. The van der Waals surface area contributed by atoms with Crippen molar-refractivity contribution < 1.29 is 27.2 Å². The third-order valence-corrected chi connectivity index (χ3v) is 5.49. The van der Waals surface area contributed by atoms with Gasteiger partial charge in [-0.3, -0.25) is 0 Å². The molecule has 0 heterocycles. The van der Waals surface area contributed by atoms with E-state index in [1.54, 1.807) is 13.8 Å². The number of rotatable bonds is 12. The Morgan fingerprint density at radius 2 is 1.00 bits per heavy atom. The quantitative estimate of drug-likeness (QED) is 0.469. The van der Waals surface area contributed by atoms with Gasteiger partial charge in [0.05, 0.1) is 12.2 Å². The fourth-order valence-electron chi connectivity index (χ4n) is 3.49. The van der Waals surface area contributed by atoms with Gasteiger partial charge in [-0.15, -0.1) is 0 Å². The normalized spacial score (nSPS) is 16.6. The zero-order valence-electron chi connectivity index (χ0n) is 18.6. The molecule has 2 N–H and O–H groups in total. The second kappa shape index (κ2) is 9.96. The zero-order valence-corrected chi connectivity index (χ0v) is 19.4. The Kier molecular flexibility index (Phi) is 9.85. The molecule has 8 nitrogen and oxygen atoms in total. The van der Waals surface area contributed by atoms with Crippen LogP contribution in [0.15, 0.2) is 0 Å². The van der Waals surface area contributed by atoms with Gasteiger partial charge in [-0.25, -0.2) is 8.37 Å². The SMILES string of the molecule is CC(CC(C)(C)N(O)C(C)C)OS(=O)(=O)OC(C)CC(C)(C)N(O)C(C)C. The molecular formula is C18H40N2O6S. The van der Waals surface area contributed by atoms with Crippen molar-refractivity contribution in [3.05, 3.63) is 0 Å². The highest BCUT2D eigenvalue weighted by molar-refractivity contribution is 7.81. The number of hydrogen-bond acceptors (Lipinski definition) is 8. The van der Waals surface area contributed by atoms with E-state index >= 15 is 0 Å². The van der Waals surface area contributed by atoms with Crippen LogP contribution in [-0.2, 0) is 18.8 Å². The first-order chi connectivity index (χ1) is 11.9. The largest absolute Gasteiger partial charge is 0.400 e. The molecule has 0 bridgehead atoms. The van der Waals surface area contributed by atoms with Crippen LogP contribution in [0.5, 0.6) is 0 Å².